The van der Waals surface area contributed by atoms with Gasteiger partial charge >= 0.3 is 11.8 Å². The van der Waals surface area contributed by atoms with E-state index in [1.54, 1.807) is 7.11 Å². The third kappa shape index (κ3) is 4.96. The fourth-order valence-electron chi connectivity index (χ4n) is 2.88. The zero-order valence-corrected chi connectivity index (χ0v) is 13.8. The molecule has 0 aliphatic carbocycles. The minimum atomic E-state index is -0.603. The Balaban J connectivity index is 1.75. The molecule has 0 bridgehead atoms. The molecule has 1 atom stereocenters. The van der Waals surface area contributed by atoms with Gasteiger partial charge in [0.1, 0.15) is 5.75 Å². The van der Waals surface area contributed by atoms with Crippen LogP contribution in [0, 0.1) is 0 Å². The summed E-state index contributed by atoms with van der Waals surface area (Å²) in [4.78, 5) is 26.1. The molecule has 2 amide bonds. The van der Waals surface area contributed by atoms with Gasteiger partial charge in [-0.05, 0) is 43.6 Å². The molecular weight excluding hydrogens is 294 g/mol. The van der Waals surface area contributed by atoms with Crippen molar-refractivity contribution in [3.05, 3.63) is 29.8 Å². The number of benzene rings is 1. The standard InChI is InChI=1S/C17H25N3O3/c1-3-20-9-5-7-14(20)12-19-17(22)16(21)18-11-13-6-4-8-15(10-13)23-2/h4,6,8,10,14H,3,5,7,9,11-12H2,1-2H3,(H,18,21)(H,19,22)/t14-/m0/s1. The topological polar surface area (TPSA) is 70.7 Å². The zero-order valence-electron chi connectivity index (χ0n) is 13.8. The molecule has 1 aliphatic rings. The number of hydrogen-bond donors (Lipinski definition) is 2. The van der Waals surface area contributed by atoms with Crippen molar-refractivity contribution >= 4 is 11.8 Å². The van der Waals surface area contributed by atoms with E-state index in [0.717, 1.165) is 37.2 Å². The number of carbonyl (C=O) groups excluding carboxylic acids is 2. The van der Waals surface area contributed by atoms with E-state index >= 15 is 0 Å². The zero-order chi connectivity index (χ0) is 16.7. The van der Waals surface area contributed by atoms with Crippen LogP contribution in [0.3, 0.4) is 0 Å². The van der Waals surface area contributed by atoms with Gasteiger partial charge in [0.05, 0.1) is 7.11 Å². The first-order valence-electron chi connectivity index (χ1n) is 8.07. The predicted molar refractivity (Wildman–Crippen MR) is 88.1 cm³/mol. The van der Waals surface area contributed by atoms with E-state index < -0.39 is 11.8 Å². The molecule has 0 radical (unpaired) electrons. The van der Waals surface area contributed by atoms with E-state index in [-0.39, 0.29) is 0 Å². The number of ether oxygens (including phenoxy) is 1. The molecule has 23 heavy (non-hydrogen) atoms. The van der Waals surface area contributed by atoms with Crippen LogP contribution in [-0.2, 0) is 16.1 Å². The van der Waals surface area contributed by atoms with E-state index in [2.05, 4.69) is 22.5 Å². The Kier molecular flexibility index (Phi) is 6.40. The van der Waals surface area contributed by atoms with Gasteiger partial charge in [-0.1, -0.05) is 19.1 Å². The van der Waals surface area contributed by atoms with E-state index in [0.29, 0.717) is 19.1 Å². The van der Waals surface area contributed by atoms with Crippen LogP contribution >= 0.6 is 0 Å². The van der Waals surface area contributed by atoms with Crippen LogP contribution in [0.4, 0.5) is 0 Å². The number of nitrogens with one attached hydrogen (secondary N) is 2. The van der Waals surface area contributed by atoms with Crippen LogP contribution in [0.5, 0.6) is 5.75 Å². The van der Waals surface area contributed by atoms with Gasteiger partial charge in [0.2, 0.25) is 0 Å². The number of likely N-dealkylation sites (tertiary alicyclic amines) is 1. The van der Waals surface area contributed by atoms with Gasteiger partial charge in [-0.15, -0.1) is 0 Å². The summed E-state index contributed by atoms with van der Waals surface area (Å²) in [6, 6.07) is 7.72. The predicted octanol–water partition coefficient (Wildman–Crippen LogP) is 0.912. The third-order valence-electron chi connectivity index (χ3n) is 4.20. The van der Waals surface area contributed by atoms with Gasteiger partial charge in [-0.25, -0.2) is 0 Å². The maximum Gasteiger partial charge on any atom is 0.309 e. The molecule has 1 heterocycles. The Morgan fingerprint density at radius 2 is 2.09 bits per heavy atom. The van der Waals surface area contributed by atoms with E-state index in [4.69, 9.17) is 4.74 Å². The fraction of sp³-hybridized carbons (Fsp3) is 0.529. The Labute approximate surface area is 137 Å². The summed E-state index contributed by atoms with van der Waals surface area (Å²) in [6.07, 6.45) is 2.22. The second-order valence-corrected chi connectivity index (χ2v) is 5.67. The second kappa shape index (κ2) is 8.53. The molecule has 6 heteroatoms. The van der Waals surface area contributed by atoms with E-state index in [1.165, 1.54) is 0 Å². The summed E-state index contributed by atoms with van der Waals surface area (Å²) in [5, 5.41) is 5.36. The van der Waals surface area contributed by atoms with Crippen molar-refractivity contribution in [2.45, 2.75) is 32.4 Å². The number of methoxy groups -OCH3 is 1. The largest absolute Gasteiger partial charge is 0.497 e. The molecule has 6 nitrogen and oxygen atoms in total. The van der Waals surface area contributed by atoms with Crippen LogP contribution in [0.15, 0.2) is 24.3 Å². The van der Waals surface area contributed by atoms with E-state index in [9.17, 15) is 9.59 Å². The summed E-state index contributed by atoms with van der Waals surface area (Å²) in [5.74, 6) is -0.452. The lowest BCUT2D eigenvalue weighted by atomic mass is 10.2. The highest BCUT2D eigenvalue weighted by molar-refractivity contribution is 6.35. The van der Waals surface area contributed by atoms with Crippen molar-refractivity contribution in [1.82, 2.24) is 15.5 Å². The molecule has 0 spiro atoms. The van der Waals surface area contributed by atoms with Gasteiger partial charge in [0.15, 0.2) is 0 Å². The highest BCUT2D eigenvalue weighted by Crippen LogP contribution is 2.15. The Morgan fingerprint density at radius 1 is 1.30 bits per heavy atom. The quantitative estimate of drug-likeness (QED) is 0.765. The summed E-state index contributed by atoms with van der Waals surface area (Å²) in [6.45, 7) is 4.98. The molecule has 2 N–H and O–H groups in total. The van der Waals surface area contributed by atoms with Gasteiger partial charge in [0.25, 0.3) is 0 Å². The number of rotatable bonds is 6. The molecule has 1 saturated heterocycles. The highest BCUT2D eigenvalue weighted by Gasteiger charge is 2.24. The fourth-order valence-corrected chi connectivity index (χ4v) is 2.88. The van der Waals surface area contributed by atoms with Crippen molar-refractivity contribution in [1.29, 1.82) is 0 Å². The number of carbonyl (C=O) groups is 2. The average molecular weight is 319 g/mol. The molecule has 2 rings (SSSR count). The maximum absolute atomic E-state index is 11.9. The van der Waals surface area contributed by atoms with Gasteiger partial charge in [0, 0.05) is 19.1 Å². The summed E-state index contributed by atoms with van der Waals surface area (Å²) >= 11 is 0. The SMILES string of the molecule is CCN1CCC[C@H]1CNC(=O)C(=O)NCc1cccc(OC)c1. The van der Waals surface area contributed by atoms with E-state index in [1.807, 2.05) is 24.3 Å². The Bertz CT molecular complexity index is 548. The third-order valence-corrected chi connectivity index (χ3v) is 4.20. The van der Waals surface area contributed by atoms with Gasteiger partial charge < -0.3 is 15.4 Å². The minimum Gasteiger partial charge on any atom is -0.497 e. The number of likely N-dealkylation sites (N-methyl/N-ethyl adjacent to an activating group) is 1. The van der Waals surface area contributed by atoms with Crippen LogP contribution in [0.2, 0.25) is 0 Å². The molecule has 0 saturated carbocycles. The van der Waals surface area contributed by atoms with Crippen molar-refractivity contribution < 1.29 is 14.3 Å². The van der Waals surface area contributed by atoms with Gasteiger partial charge in [-0.2, -0.15) is 0 Å². The summed E-state index contributed by atoms with van der Waals surface area (Å²) < 4.78 is 5.13. The maximum atomic E-state index is 11.9. The van der Waals surface area contributed by atoms with Crippen molar-refractivity contribution in [2.75, 3.05) is 26.7 Å². The Hall–Kier alpha value is -2.08. The number of nitrogens with zero attached hydrogens (tertiary/aromatic N) is 1. The normalized spacial score (nSPS) is 17.7. The van der Waals surface area contributed by atoms with Crippen LogP contribution in [0.25, 0.3) is 0 Å². The first-order chi connectivity index (χ1) is 11.1. The summed E-state index contributed by atoms with van der Waals surface area (Å²) in [7, 11) is 1.59. The van der Waals surface area contributed by atoms with Crippen LogP contribution in [-0.4, -0.2) is 49.5 Å². The number of amides is 2. The molecule has 1 aromatic carbocycles. The highest BCUT2D eigenvalue weighted by atomic mass is 16.5. The molecular formula is C17H25N3O3. The molecule has 0 unspecified atom stereocenters. The average Bonchev–Trinajstić information content (AvgIpc) is 3.05. The second-order valence-electron chi connectivity index (χ2n) is 5.67. The van der Waals surface area contributed by atoms with Crippen LogP contribution < -0.4 is 15.4 Å². The van der Waals surface area contributed by atoms with Crippen molar-refractivity contribution in [3.8, 4) is 5.75 Å². The Morgan fingerprint density at radius 3 is 2.83 bits per heavy atom. The van der Waals surface area contributed by atoms with Crippen molar-refractivity contribution in [3.63, 3.8) is 0 Å². The minimum absolute atomic E-state index is 0.300. The molecule has 1 fully saturated rings. The van der Waals surface area contributed by atoms with Gasteiger partial charge in [-0.3, -0.25) is 14.5 Å². The smallest absolute Gasteiger partial charge is 0.309 e. The molecule has 1 aliphatic heterocycles. The lowest BCUT2D eigenvalue weighted by molar-refractivity contribution is -0.139. The first kappa shape index (κ1) is 17.3. The van der Waals surface area contributed by atoms with Crippen LogP contribution in [0.1, 0.15) is 25.3 Å². The monoisotopic (exact) mass is 319 g/mol. The summed E-state index contributed by atoms with van der Waals surface area (Å²) in [5.41, 5.74) is 0.887. The first-order valence-corrected chi connectivity index (χ1v) is 8.07. The lowest BCUT2D eigenvalue weighted by Crippen LogP contribution is -2.45. The molecule has 1 aromatic rings. The molecule has 126 valence electrons. The molecule has 0 aromatic heterocycles. The lowest BCUT2D eigenvalue weighted by Gasteiger charge is -2.22. The van der Waals surface area contributed by atoms with Crippen molar-refractivity contribution in [2.24, 2.45) is 0 Å². The number of hydrogen-bond acceptors (Lipinski definition) is 4.